The summed E-state index contributed by atoms with van der Waals surface area (Å²) in [5.41, 5.74) is 8.34. The summed E-state index contributed by atoms with van der Waals surface area (Å²) >= 11 is 0. The average molecular weight is 709 g/mol. The highest BCUT2D eigenvalue weighted by Gasteiger charge is 2.26. The SMILES string of the molecule is c1ccc2cc3c(-c4cc5cccnc5c5ncccc45)c4c5cccc6ccc7cccc(c4c(-c4cc8cccnc8c8ncccc48)c3cc2c1)c7c65. The predicted octanol–water partition coefficient (Wildman–Crippen LogP) is 13.6. The molecule has 13 aromatic rings. The van der Waals surface area contributed by atoms with Crippen LogP contribution in [0.5, 0.6) is 0 Å². The van der Waals surface area contributed by atoms with Gasteiger partial charge in [0.25, 0.3) is 0 Å². The van der Waals surface area contributed by atoms with Crippen LogP contribution in [0.1, 0.15) is 0 Å². The van der Waals surface area contributed by atoms with Crippen molar-refractivity contribution in [2.45, 2.75) is 0 Å². The lowest BCUT2D eigenvalue weighted by Crippen LogP contribution is -1.97. The second kappa shape index (κ2) is 11.0. The Kier molecular flexibility index (Phi) is 5.86. The monoisotopic (exact) mass is 708 g/mol. The van der Waals surface area contributed by atoms with Gasteiger partial charge < -0.3 is 0 Å². The first-order chi connectivity index (χ1) is 27.8. The van der Waals surface area contributed by atoms with E-state index in [9.17, 15) is 0 Å². The first-order valence-corrected chi connectivity index (χ1v) is 19.0. The summed E-state index contributed by atoms with van der Waals surface area (Å²) < 4.78 is 0. The molecule has 0 atom stereocenters. The van der Waals surface area contributed by atoms with E-state index in [1.54, 1.807) is 0 Å². The van der Waals surface area contributed by atoms with Gasteiger partial charge in [-0.3, -0.25) is 19.9 Å². The van der Waals surface area contributed by atoms with Gasteiger partial charge in [-0.2, -0.15) is 0 Å². The van der Waals surface area contributed by atoms with Crippen molar-refractivity contribution >= 4 is 108 Å². The van der Waals surface area contributed by atoms with Crippen molar-refractivity contribution in [3.05, 3.63) is 170 Å². The summed E-state index contributed by atoms with van der Waals surface area (Å²) in [6, 6.07) is 53.4. The molecule has 0 amide bonds. The maximum absolute atomic E-state index is 5.00. The second-order valence-electron chi connectivity index (χ2n) is 14.9. The zero-order valence-corrected chi connectivity index (χ0v) is 30.0. The number of hydrogen-bond acceptors (Lipinski definition) is 4. The van der Waals surface area contributed by atoms with Gasteiger partial charge in [-0.05, 0) is 135 Å². The molecule has 4 aromatic heterocycles. The van der Waals surface area contributed by atoms with Crippen LogP contribution in [0.4, 0.5) is 0 Å². The maximum atomic E-state index is 5.00. The van der Waals surface area contributed by atoms with E-state index >= 15 is 0 Å². The standard InChI is InChI=1S/C52H28N4/c1-2-10-32-26-42-41(25-31(32)9-1)45(39-27-33-13-5-21-53-49(33)51-35(39)17-7-23-55-51)47-37-15-3-11-29-19-20-30-12-4-16-38(44(30)43(29)37)48(47)46(42)40-28-34-14-6-22-54-50(34)52-36(40)18-8-24-56-52/h1-28H. The van der Waals surface area contributed by atoms with Crippen molar-refractivity contribution in [3.8, 4) is 22.3 Å². The Hall–Kier alpha value is -7.56. The fraction of sp³-hybridized carbons (Fsp3) is 0. The van der Waals surface area contributed by atoms with Crippen molar-refractivity contribution < 1.29 is 0 Å². The molecule has 56 heavy (non-hydrogen) atoms. The van der Waals surface area contributed by atoms with E-state index < -0.39 is 0 Å². The van der Waals surface area contributed by atoms with Crippen LogP contribution in [-0.2, 0) is 0 Å². The minimum atomic E-state index is 0.906. The molecule has 256 valence electrons. The number of pyridine rings is 4. The first kappa shape index (κ1) is 29.8. The molecule has 0 spiro atoms. The molecule has 0 radical (unpaired) electrons. The molecule has 0 saturated heterocycles. The molecule has 4 heterocycles. The number of rotatable bonds is 2. The molecule has 0 aliphatic heterocycles. The van der Waals surface area contributed by atoms with Crippen molar-refractivity contribution in [1.29, 1.82) is 0 Å². The third-order valence-corrected chi connectivity index (χ3v) is 12.1. The Bertz CT molecular complexity index is 3580. The normalized spacial score (nSPS) is 12.3. The molecule has 0 bridgehead atoms. The number of hydrogen-bond donors (Lipinski definition) is 0. The van der Waals surface area contributed by atoms with Gasteiger partial charge in [-0.15, -0.1) is 0 Å². The van der Waals surface area contributed by atoms with E-state index in [0.29, 0.717) is 0 Å². The lowest BCUT2D eigenvalue weighted by Gasteiger charge is -2.24. The minimum Gasteiger partial charge on any atom is -0.254 e. The zero-order chi connectivity index (χ0) is 36.5. The van der Waals surface area contributed by atoms with Crippen molar-refractivity contribution in [2.75, 3.05) is 0 Å². The van der Waals surface area contributed by atoms with Gasteiger partial charge >= 0.3 is 0 Å². The van der Waals surface area contributed by atoms with Crippen LogP contribution in [0.25, 0.3) is 131 Å². The summed E-state index contributed by atoms with van der Waals surface area (Å²) in [6.07, 6.45) is 7.50. The first-order valence-electron chi connectivity index (χ1n) is 19.0. The van der Waals surface area contributed by atoms with Gasteiger partial charge in [0.2, 0.25) is 0 Å². The molecule has 4 heteroatoms. The summed E-state index contributed by atoms with van der Waals surface area (Å²) in [5.74, 6) is 0. The quantitative estimate of drug-likeness (QED) is 0.132. The molecule has 0 fully saturated rings. The topological polar surface area (TPSA) is 51.6 Å². The van der Waals surface area contributed by atoms with Crippen LogP contribution in [-0.4, -0.2) is 19.9 Å². The van der Waals surface area contributed by atoms with Gasteiger partial charge in [-0.1, -0.05) is 97.1 Å². The average Bonchev–Trinajstić information content (AvgIpc) is 3.26. The molecule has 0 saturated carbocycles. The number of aromatic nitrogens is 4. The van der Waals surface area contributed by atoms with E-state index in [1.807, 2.05) is 36.9 Å². The highest BCUT2D eigenvalue weighted by atomic mass is 14.7. The molecular weight excluding hydrogens is 681 g/mol. The summed E-state index contributed by atoms with van der Waals surface area (Å²) in [6.45, 7) is 0. The predicted molar refractivity (Wildman–Crippen MR) is 235 cm³/mol. The van der Waals surface area contributed by atoms with Crippen LogP contribution in [0.2, 0.25) is 0 Å². The van der Waals surface area contributed by atoms with Gasteiger partial charge in [0.15, 0.2) is 0 Å². The number of nitrogens with zero attached hydrogens (tertiary/aromatic N) is 4. The number of fused-ring (bicyclic) bond motifs is 11. The largest absolute Gasteiger partial charge is 0.254 e. The molecule has 13 rings (SSSR count). The Labute approximate surface area is 319 Å². The number of benzene rings is 9. The molecular formula is C52H28N4. The van der Waals surface area contributed by atoms with E-state index in [-0.39, 0.29) is 0 Å². The molecule has 0 N–H and O–H groups in total. The Morgan fingerprint density at radius 2 is 0.643 bits per heavy atom. The summed E-state index contributed by atoms with van der Waals surface area (Å²) in [5, 5.41) is 19.1. The fourth-order valence-electron chi connectivity index (χ4n) is 9.81. The summed E-state index contributed by atoms with van der Waals surface area (Å²) in [4.78, 5) is 19.7. The van der Waals surface area contributed by atoms with Crippen LogP contribution >= 0.6 is 0 Å². The Morgan fingerprint density at radius 3 is 1.12 bits per heavy atom. The third-order valence-electron chi connectivity index (χ3n) is 12.1. The smallest absolute Gasteiger partial charge is 0.0970 e. The van der Waals surface area contributed by atoms with Gasteiger partial charge in [0, 0.05) is 46.3 Å². The van der Waals surface area contributed by atoms with Crippen LogP contribution < -0.4 is 0 Å². The fourth-order valence-corrected chi connectivity index (χ4v) is 9.81. The molecule has 0 aliphatic rings. The van der Waals surface area contributed by atoms with Gasteiger partial charge in [0.05, 0.1) is 22.1 Å². The molecule has 0 aliphatic carbocycles. The lowest BCUT2D eigenvalue weighted by molar-refractivity contribution is 1.37. The van der Waals surface area contributed by atoms with E-state index in [0.717, 1.165) is 54.7 Å². The minimum absolute atomic E-state index is 0.906. The third kappa shape index (κ3) is 3.92. The van der Waals surface area contributed by atoms with Crippen LogP contribution in [0.3, 0.4) is 0 Å². The van der Waals surface area contributed by atoms with E-state index in [4.69, 9.17) is 19.9 Å². The van der Waals surface area contributed by atoms with Crippen LogP contribution in [0.15, 0.2) is 170 Å². The highest BCUT2D eigenvalue weighted by Crippen LogP contribution is 2.54. The van der Waals surface area contributed by atoms with Crippen molar-refractivity contribution in [2.24, 2.45) is 0 Å². The molecule has 0 unspecified atom stereocenters. The van der Waals surface area contributed by atoms with E-state index in [2.05, 4.69) is 133 Å². The molecule has 4 nitrogen and oxygen atoms in total. The van der Waals surface area contributed by atoms with Gasteiger partial charge in [0.1, 0.15) is 0 Å². The Balaban J connectivity index is 1.40. The summed E-state index contributed by atoms with van der Waals surface area (Å²) in [7, 11) is 0. The Morgan fingerprint density at radius 1 is 0.250 bits per heavy atom. The van der Waals surface area contributed by atoms with E-state index in [1.165, 1.54) is 75.8 Å². The maximum Gasteiger partial charge on any atom is 0.0970 e. The molecule has 9 aromatic carbocycles. The second-order valence-corrected chi connectivity index (χ2v) is 14.9. The highest BCUT2D eigenvalue weighted by molar-refractivity contribution is 6.42. The van der Waals surface area contributed by atoms with Crippen molar-refractivity contribution in [3.63, 3.8) is 0 Å². The van der Waals surface area contributed by atoms with Gasteiger partial charge in [-0.25, -0.2) is 0 Å². The van der Waals surface area contributed by atoms with Crippen LogP contribution in [0, 0.1) is 0 Å². The zero-order valence-electron chi connectivity index (χ0n) is 30.0. The van der Waals surface area contributed by atoms with Crippen molar-refractivity contribution in [1.82, 2.24) is 19.9 Å². The lowest BCUT2D eigenvalue weighted by atomic mass is 9.78.